The van der Waals surface area contributed by atoms with Crippen LogP contribution in [0.25, 0.3) is 0 Å². The number of nitrogens with zero attached hydrogens (tertiary/aromatic N) is 2. The molecule has 0 fully saturated rings. The van der Waals surface area contributed by atoms with Gasteiger partial charge >= 0.3 is 0 Å². The molecule has 1 aromatic carbocycles. The summed E-state index contributed by atoms with van der Waals surface area (Å²) in [5.74, 6) is 0.925. The molecular weight excluding hydrogens is 212 g/mol. The molecule has 3 heteroatoms. The van der Waals surface area contributed by atoms with Crippen molar-refractivity contribution in [3.8, 4) is 11.8 Å². The van der Waals surface area contributed by atoms with Gasteiger partial charge in [0.2, 0.25) is 0 Å². The fraction of sp³-hybridized carbons (Fsp3) is 0.500. The minimum absolute atomic E-state index is 0.0502. The molecule has 0 aliphatic carbocycles. The molecule has 0 aliphatic rings. The summed E-state index contributed by atoms with van der Waals surface area (Å²) >= 11 is 0. The standard InChI is InChI=1S/C14H20N2O/c1-11-5-6-14(17-4)13(9-11)7-8-16(3)12(2)10-15/h5-6,9,12H,7-8H2,1-4H3. The second-order valence-electron chi connectivity index (χ2n) is 4.35. The number of ether oxygens (including phenoxy) is 1. The van der Waals surface area contributed by atoms with E-state index in [0.29, 0.717) is 0 Å². The molecule has 3 nitrogen and oxygen atoms in total. The van der Waals surface area contributed by atoms with Crippen molar-refractivity contribution in [2.75, 3.05) is 20.7 Å². The Morgan fingerprint density at radius 3 is 2.76 bits per heavy atom. The van der Waals surface area contributed by atoms with E-state index in [1.165, 1.54) is 11.1 Å². The van der Waals surface area contributed by atoms with Gasteiger partial charge in [0.25, 0.3) is 0 Å². The minimum Gasteiger partial charge on any atom is -0.496 e. The third-order valence-corrected chi connectivity index (χ3v) is 3.02. The smallest absolute Gasteiger partial charge is 0.122 e. The van der Waals surface area contributed by atoms with Gasteiger partial charge in [-0.1, -0.05) is 17.7 Å². The first-order valence-electron chi connectivity index (χ1n) is 5.82. The second kappa shape index (κ2) is 6.27. The van der Waals surface area contributed by atoms with E-state index in [2.05, 4.69) is 19.1 Å². The highest BCUT2D eigenvalue weighted by Gasteiger charge is 2.09. The number of hydrogen-bond acceptors (Lipinski definition) is 3. The highest BCUT2D eigenvalue weighted by Crippen LogP contribution is 2.20. The molecule has 0 bridgehead atoms. The van der Waals surface area contributed by atoms with Gasteiger partial charge in [0.1, 0.15) is 5.75 Å². The van der Waals surface area contributed by atoms with E-state index in [0.717, 1.165) is 18.7 Å². The maximum atomic E-state index is 8.83. The zero-order valence-corrected chi connectivity index (χ0v) is 11.0. The quantitative estimate of drug-likeness (QED) is 0.782. The molecule has 1 atom stereocenters. The van der Waals surface area contributed by atoms with Crippen molar-refractivity contribution in [3.63, 3.8) is 0 Å². The third-order valence-electron chi connectivity index (χ3n) is 3.02. The molecule has 0 spiro atoms. The number of hydrogen-bond donors (Lipinski definition) is 0. The van der Waals surface area contributed by atoms with Gasteiger partial charge in [-0.15, -0.1) is 0 Å². The lowest BCUT2D eigenvalue weighted by Crippen LogP contribution is -2.29. The van der Waals surface area contributed by atoms with Crippen LogP contribution < -0.4 is 4.74 Å². The van der Waals surface area contributed by atoms with Crippen LogP contribution in [0.4, 0.5) is 0 Å². The lowest BCUT2D eigenvalue weighted by molar-refractivity contribution is 0.304. The van der Waals surface area contributed by atoms with Gasteiger partial charge in [0.15, 0.2) is 0 Å². The molecule has 0 radical (unpaired) electrons. The van der Waals surface area contributed by atoms with Gasteiger partial charge in [0, 0.05) is 6.54 Å². The largest absolute Gasteiger partial charge is 0.496 e. The molecule has 0 aliphatic heterocycles. The SMILES string of the molecule is COc1ccc(C)cc1CCN(C)C(C)C#N. The molecule has 0 heterocycles. The second-order valence-corrected chi connectivity index (χ2v) is 4.35. The van der Waals surface area contributed by atoms with Gasteiger partial charge in [-0.05, 0) is 38.9 Å². The van der Waals surface area contributed by atoms with E-state index in [1.807, 2.05) is 31.0 Å². The molecular formula is C14H20N2O. The van der Waals surface area contributed by atoms with Gasteiger partial charge in [-0.25, -0.2) is 0 Å². The average Bonchev–Trinajstić information content (AvgIpc) is 2.35. The first-order valence-corrected chi connectivity index (χ1v) is 5.82. The monoisotopic (exact) mass is 232 g/mol. The number of nitriles is 1. The topological polar surface area (TPSA) is 36.3 Å². The van der Waals surface area contributed by atoms with E-state index in [9.17, 15) is 0 Å². The Labute approximate surface area is 104 Å². The van der Waals surface area contributed by atoms with Crippen LogP contribution in [-0.2, 0) is 6.42 Å². The number of rotatable bonds is 5. The van der Waals surface area contributed by atoms with Crippen molar-refractivity contribution in [1.29, 1.82) is 5.26 Å². The molecule has 1 unspecified atom stereocenters. The zero-order chi connectivity index (χ0) is 12.8. The molecule has 1 rings (SSSR count). The summed E-state index contributed by atoms with van der Waals surface area (Å²) in [6, 6.07) is 8.37. The van der Waals surface area contributed by atoms with Crippen LogP contribution in [0.1, 0.15) is 18.1 Å². The van der Waals surface area contributed by atoms with Crippen LogP contribution >= 0.6 is 0 Å². The molecule has 0 amide bonds. The van der Waals surface area contributed by atoms with Gasteiger partial charge < -0.3 is 4.74 Å². The fourth-order valence-corrected chi connectivity index (χ4v) is 1.69. The van der Waals surface area contributed by atoms with E-state index in [-0.39, 0.29) is 6.04 Å². The lowest BCUT2D eigenvalue weighted by Gasteiger charge is -2.19. The molecule has 0 saturated carbocycles. The number of likely N-dealkylation sites (N-methyl/N-ethyl adjacent to an activating group) is 1. The average molecular weight is 232 g/mol. The Kier molecular flexibility index (Phi) is 4.99. The maximum Gasteiger partial charge on any atom is 0.122 e. The molecule has 17 heavy (non-hydrogen) atoms. The first kappa shape index (κ1) is 13.5. The number of aryl methyl sites for hydroxylation is 1. The summed E-state index contributed by atoms with van der Waals surface area (Å²) in [7, 11) is 3.66. The summed E-state index contributed by atoms with van der Waals surface area (Å²) in [6.07, 6.45) is 0.896. The van der Waals surface area contributed by atoms with Crippen molar-refractivity contribution in [2.24, 2.45) is 0 Å². The Hall–Kier alpha value is -1.53. The van der Waals surface area contributed by atoms with Crippen LogP contribution in [0.5, 0.6) is 5.75 Å². The molecule has 0 saturated heterocycles. The van der Waals surface area contributed by atoms with Crippen LogP contribution in [0.15, 0.2) is 18.2 Å². The summed E-state index contributed by atoms with van der Waals surface area (Å²) in [6.45, 7) is 4.84. The number of benzene rings is 1. The predicted molar refractivity (Wildman–Crippen MR) is 69.1 cm³/mol. The molecule has 0 aromatic heterocycles. The van der Waals surface area contributed by atoms with Crippen LogP contribution in [0, 0.1) is 18.3 Å². The van der Waals surface area contributed by atoms with Crippen molar-refractivity contribution in [2.45, 2.75) is 26.3 Å². The van der Waals surface area contributed by atoms with E-state index < -0.39 is 0 Å². The summed E-state index contributed by atoms with van der Waals surface area (Å²) in [5.41, 5.74) is 2.43. The van der Waals surface area contributed by atoms with Crippen LogP contribution in [0.2, 0.25) is 0 Å². The normalized spacial score (nSPS) is 12.2. The van der Waals surface area contributed by atoms with Crippen molar-refractivity contribution < 1.29 is 4.74 Å². The summed E-state index contributed by atoms with van der Waals surface area (Å²) < 4.78 is 5.34. The van der Waals surface area contributed by atoms with Gasteiger partial charge in [-0.3, -0.25) is 4.90 Å². The van der Waals surface area contributed by atoms with Gasteiger partial charge in [-0.2, -0.15) is 5.26 Å². The van der Waals surface area contributed by atoms with Crippen molar-refractivity contribution in [1.82, 2.24) is 4.90 Å². The third kappa shape index (κ3) is 3.76. The highest BCUT2D eigenvalue weighted by molar-refractivity contribution is 5.37. The molecule has 0 N–H and O–H groups in total. The maximum absolute atomic E-state index is 8.83. The highest BCUT2D eigenvalue weighted by atomic mass is 16.5. The van der Waals surface area contributed by atoms with Crippen LogP contribution in [-0.4, -0.2) is 31.6 Å². The Morgan fingerprint density at radius 2 is 2.18 bits per heavy atom. The van der Waals surface area contributed by atoms with E-state index >= 15 is 0 Å². The van der Waals surface area contributed by atoms with Crippen LogP contribution in [0.3, 0.4) is 0 Å². The van der Waals surface area contributed by atoms with Crippen molar-refractivity contribution >= 4 is 0 Å². The Morgan fingerprint density at radius 1 is 1.47 bits per heavy atom. The first-order chi connectivity index (χ1) is 8.08. The summed E-state index contributed by atoms with van der Waals surface area (Å²) in [5, 5.41) is 8.83. The van der Waals surface area contributed by atoms with E-state index in [1.54, 1.807) is 7.11 Å². The molecule has 1 aromatic rings. The van der Waals surface area contributed by atoms with Crippen molar-refractivity contribution in [3.05, 3.63) is 29.3 Å². The Bertz CT molecular complexity index is 409. The Balaban J connectivity index is 2.69. The number of methoxy groups -OCH3 is 1. The van der Waals surface area contributed by atoms with Gasteiger partial charge in [0.05, 0.1) is 19.2 Å². The fourth-order valence-electron chi connectivity index (χ4n) is 1.69. The summed E-state index contributed by atoms with van der Waals surface area (Å²) in [4.78, 5) is 2.04. The lowest BCUT2D eigenvalue weighted by atomic mass is 10.1. The zero-order valence-electron chi connectivity index (χ0n) is 11.0. The minimum atomic E-state index is -0.0502. The predicted octanol–water partition coefficient (Wildman–Crippen LogP) is 2.39. The molecule has 92 valence electrons. The van der Waals surface area contributed by atoms with E-state index in [4.69, 9.17) is 10.00 Å².